The average Bonchev–Trinajstić information content (AvgIpc) is 2.54. The molecule has 1 aromatic carbocycles. The molecule has 1 aromatic heterocycles. The van der Waals surface area contributed by atoms with Crippen molar-refractivity contribution in [1.82, 2.24) is 4.90 Å². The molecule has 1 aliphatic heterocycles. The number of aliphatic hydroxyl groups is 1. The maximum Gasteiger partial charge on any atom is 0.336 e. The first-order valence-electron chi connectivity index (χ1n) is 7.63. The van der Waals surface area contributed by atoms with Crippen molar-refractivity contribution in [1.29, 1.82) is 0 Å². The van der Waals surface area contributed by atoms with Gasteiger partial charge in [-0.2, -0.15) is 0 Å². The topological polar surface area (TPSA) is 62.9 Å². The summed E-state index contributed by atoms with van der Waals surface area (Å²) in [5.74, 6) is 1.09. The molecule has 5 heteroatoms. The lowest BCUT2D eigenvalue weighted by molar-refractivity contribution is 0.127. The standard InChI is InChI=1S/C17H21NO4/c1-21-14-2-3-15-13(8-17(20)22-16(15)9-14)10-18-6-4-12(11-19)5-7-18/h2-3,8-9,12,19H,4-7,10-11H2,1H3. The second-order valence-corrected chi connectivity index (χ2v) is 5.85. The zero-order chi connectivity index (χ0) is 15.5. The summed E-state index contributed by atoms with van der Waals surface area (Å²) in [7, 11) is 1.59. The van der Waals surface area contributed by atoms with Crippen molar-refractivity contribution in [3.05, 3.63) is 40.2 Å². The molecule has 0 radical (unpaired) electrons. The summed E-state index contributed by atoms with van der Waals surface area (Å²) in [4.78, 5) is 14.1. The van der Waals surface area contributed by atoms with E-state index in [-0.39, 0.29) is 12.2 Å². The monoisotopic (exact) mass is 303 g/mol. The van der Waals surface area contributed by atoms with Crippen LogP contribution in [0.5, 0.6) is 5.75 Å². The Morgan fingerprint density at radius 2 is 2.09 bits per heavy atom. The highest BCUT2D eigenvalue weighted by Crippen LogP contribution is 2.25. The van der Waals surface area contributed by atoms with Gasteiger partial charge in [-0.05, 0) is 49.5 Å². The highest BCUT2D eigenvalue weighted by Gasteiger charge is 2.19. The van der Waals surface area contributed by atoms with E-state index in [1.807, 2.05) is 12.1 Å². The van der Waals surface area contributed by atoms with Gasteiger partial charge in [0.1, 0.15) is 11.3 Å². The van der Waals surface area contributed by atoms with Crippen molar-refractivity contribution in [3.8, 4) is 5.75 Å². The minimum absolute atomic E-state index is 0.269. The third-order valence-corrected chi connectivity index (χ3v) is 4.40. The van der Waals surface area contributed by atoms with Crippen LogP contribution in [-0.4, -0.2) is 36.8 Å². The van der Waals surface area contributed by atoms with E-state index in [0.29, 0.717) is 17.3 Å². The van der Waals surface area contributed by atoms with Gasteiger partial charge in [-0.1, -0.05) is 0 Å². The Kier molecular flexibility index (Phi) is 4.45. The summed E-state index contributed by atoms with van der Waals surface area (Å²) in [6.45, 7) is 2.89. The van der Waals surface area contributed by atoms with Crippen LogP contribution in [-0.2, 0) is 6.54 Å². The molecular formula is C17H21NO4. The number of hydrogen-bond acceptors (Lipinski definition) is 5. The summed E-state index contributed by atoms with van der Waals surface area (Å²) in [5, 5.41) is 10.2. The van der Waals surface area contributed by atoms with E-state index < -0.39 is 0 Å². The van der Waals surface area contributed by atoms with Crippen LogP contribution in [0.3, 0.4) is 0 Å². The average molecular weight is 303 g/mol. The van der Waals surface area contributed by atoms with Crippen LogP contribution in [0.15, 0.2) is 33.5 Å². The zero-order valence-corrected chi connectivity index (χ0v) is 12.7. The van der Waals surface area contributed by atoms with Crippen molar-refractivity contribution in [2.75, 3.05) is 26.8 Å². The lowest BCUT2D eigenvalue weighted by Gasteiger charge is -2.31. The van der Waals surface area contributed by atoms with Gasteiger partial charge in [-0.3, -0.25) is 4.90 Å². The first-order chi connectivity index (χ1) is 10.7. The van der Waals surface area contributed by atoms with Crippen LogP contribution < -0.4 is 10.4 Å². The number of aliphatic hydroxyl groups excluding tert-OH is 1. The number of likely N-dealkylation sites (tertiary alicyclic amines) is 1. The van der Waals surface area contributed by atoms with E-state index in [9.17, 15) is 9.90 Å². The number of benzene rings is 1. The highest BCUT2D eigenvalue weighted by molar-refractivity contribution is 5.81. The number of ether oxygens (including phenoxy) is 1. The summed E-state index contributed by atoms with van der Waals surface area (Å²) in [6.07, 6.45) is 2.01. The number of nitrogens with zero attached hydrogens (tertiary/aromatic N) is 1. The number of fused-ring (bicyclic) bond motifs is 1. The van der Waals surface area contributed by atoms with E-state index in [2.05, 4.69) is 4.90 Å². The summed E-state index contributed by atoms with van der Waals surface area (Å²) >= 11 is 0. The van der Waals surface area contributed by atoms with Crippen LogP contribution in [0.2, 0.25) is 0 Å². The fourth-order valence-corrected chi connectivity index (χ4v) is 3.04. The van der Waals surface area contributed by atoms with E-state index in [4.69, 9.17) is 9.15 Å². The number of piperidine rings is 1. The van der Waals surface area contributed by atoms with Gasteiger partial charge in [0.15, 0.2) is 0 Å². The van der Waals surface area contributed by atoms with Gasteiger partial charge in [0.2, 0.25) is 0 Å². The Morgan fingerprint density at radius 3 is 2.77 bits per heavy atom. The largest absolute Gasteiger partial charge is 0.497 e. The van der Waals surface area contributed by atoms with E-state index in [1.54, 1.807) is 19.2 Å². The Morgan fingerprint density at radius 1 is 1.32 bits per heavy atom. The minimum atomic E-state index is -0.332. The Balaban J connectivity index is 1.86. The van der Waals surface area contributed by atoms with Crippen LogP contribution >= 0.6 is 0 Å². The third-order valence-electron chi connectivity index (χ3n) is 4.40. The molecule has 0 aliphatic carbocycles. The van der Waals surface area contributed by atoms with Crippen molar-refractivity contribution < 1.29 is 14.3 Å². The summed E-state index contributed by atoms with van der Waals surface area (Å²) in [6, 6.07) is 7.14. The lowest BCUT2D eigenvalue weighted by Crippen LogP contribution is -2.34. The minimum Gasteiger partial charge on any atom is -0.497 e. The van der Waals surface area contributed by atoms with Gasteiger partial charge in [0.25, 0.3) is 0 Å². The fraction of sp³-hybridized carbons (Fsp3) is 0.471. The molecule has 3 rings (SSSR count). The predicted molar refractivity (Wildman–Crippen MR) is 84.1 cm³/mol. The van der Waals surface area contributed by atoms with Gasteiger partial charge in [0, 0.05) is 30.7 Å². The van der Waals surface area contributed by atoms with Crippen LogP contribution in [0, 0.1) is 5.92 Å². The molecule has 5 nitrogen and oxygen atoms in total. The van der Waals surface area contributed by atoms with Gasteiger partial charge in [-0.25, -0.2) is 4.79 Å². The molecule has 118 valence electrons. The molecule has 22 heavy (non-hydrogen) atoms. The Bertz CT molecular complexity index is 701. The van der Waals surface area contributed by atoms with Gasteiger partial charge < -0.3 is 14.3 Å². The molecule has 0 unspecified atom stereocenters. The summed E-state index contributed by atoms with van der Waals surface area (Å²) in [5.41, 5.74) is 1.21. The smallest absolute Gasteiger partial charge is 0.336 e. The van der Waals surface area contributed by atoms with Gasteiger partial charge in [-0.15, -0.1) is 0 Å². The molecule has 2 aromatic rings. The van der Waals surface area contributed by atoms with E-state index in [1.165, 1.54) is 0 Å². The maximum atomic E-state index is 11.8. The molecule has 1 N–H and O–H groups in total. The molecule has 0 spiro atoms. The normalized spacial score (nSPS) is 17.0. The molecule has 1 saturated heterocycles. The summed E-state index contributed by atoms with van der Waals surface area (Å²) < 4.78 is 10.5. The molecule has 1 aliphatic rings. The predicted octanol–water partition coefficient (Wildman–Crippen LogP) is 2.01. The van der Waals surface area contributed by atoms with Crippen molar-refractivity contribution in [2.45, 2.75) is 19.4 Å². The highest BCUT2D eigenvalue weighted by atomic mass is 16.5. The van der Waals surface area contributed by atoms with Crippen molar-refractivity contribution >= 4 is 11.0 Å². The number of methoxy groups -OCH3 is 1. The fourth-order valence-electron chi connectivity index (χ4n) is 3.04. The molecule has 0 saturated carbocycles. The Labute approximate surface area is 129 Å². The first kappa shape index (κ1) is 15.1. The SMILES string of the molecule is COc1ccc2c(CN3CCC(CO)CC3)cc(=O)oc2c1. The quantitative estimate of drug-likeness (QED) is 0.875. The molecule has 0 bridgehead atoms. The Hall–Kier alpha value is -1.85. The second kappa shape index (κ2) is 6.50. The van der Waals surface area contributed by atoms with Crippen LogP contribution in [0.25, 0.3) is 11.0 Å². The maximum absolute atomic E-state index is 11.8. The third kappa shape index (κ3) is 3.15. The number of hydrogen-bond donors (Lipinski definition) is 1. The van der Waals surface area contributed by atoms with Crippen LogP contribution in [0.4, 0.5) is 0 Å². The van der Waals surface area contributed by atoms with Gasteiger partial charge >= 0.3 is 5.63 Å². The van der Waals surface area contributed by atoms with Crippen molar-refractivity contribution in [2.24, 2.45) is 5.92 Å². The zero-order valence-electron chi connectivity index (χ0n) is 12.7. The molecule has 1 fully saturated rings. The lowest BCUT2D eigenvalue weighted by atomic mass is 9.97. The molecule has 2 heterocycles. The van der Waals surface area contributed by atoms with Gasteiger partial charge in [0.05, 0.1) is 7.11 Å². The molecule has 0 amide bonds. The van der Waals surface area contributed by atoms with E-state index in [0.717, 1.165) is 43.4 Å². The van der Waals surface area contributed by atoms with Crippen molar-refractivity contribution in [3.63, 3.8) is 0 Å². The second-order valence-electron chi connectivity index (χ2n) is 5.85. The van der Waals surface area contributed by atoms with E-state index >= 15 is 0 Å². The number of rotatable bonds is 4. The van der Waals surface area contributed by atoms with Crippen LogP contribution in [0.1, 0.15) is 18.4 Å². The molecule has 0 atom stereocenters. The first-order valence-corrected chi connectivity index (χ1v) is 7.63. The molecular weight excluding hydrogens is 282 g/mol.